The van der Waals surface area contributed by atoms with E-state index in [1.54, 1.807) is 6.07 Å². The zero-order valence-electron chi connectivity index (χ0n) is 16.4. The molecule has 0 bridgehead atoms. The Morgan fingerprint density at radius 3 is 2.33 bits per heavy atom. The number of aryl methyl sites for hydroxylation is 2. The van der Waals surface area contributed by atoms with Gasteiger partial charge in [-0.1, -0.05) is 29.3 Å². The van der Waals surface area contributed by atoms with Crippen molar-refractivity contribution in [1.82, 2.24) is 9.88 Å². The summed E-state index contributed by atoms with van der Waals surface area (Å²) >= 11 is 0. The molecule has 2 aromatic rings. The topological polar surface area (TPSA) is 56.6 Å². The van der Waals surface area contributed by atoms with E-state index in [0.29, 0.717) is 11.8 Å². The Morgan fingerprint density at radius 2 is 1.74 bits per heavy atom. The predicted octanol–water partition coefficient (Wildman–Crippen LogP) is 3.26. The van der Waals surface area contributed by atoms with E-state index in [1.807, 2.05) is 6.07 Å². The van der Waals surface area contributed by atoms with Gasteiger partial charge in [0.1, 0.15) is 5.75 Å². The van der Waals surface area contributed by atoms with Crippen molar-refractivity contribution in [3.8, 4) is 5.75 Å². The maximum absolute atomic E-state index is 11.2. The maximum atomic E-state index is 11.2. The van der Waals surface area contributed by atoms with Crippen LogP contribution in [-0.2, 0) is 12.8 Å². The Kier molecular flexibility index (Phi) is 4.95. The summed E-state index contributed by atoms with van der Waals surface area (Å²) in [6, 6.07) is 10.2. The zero-order valence-corrected chi connectivity index (χ0v) is 16.4. The summed E-state index contributed by atoms with van der Waals surface area (Å²) in [5.74, 6) is 1.43. The number of aliphatic hydroxyl groups is 1. The van der Waals surface area contributed by atoms with E-state index in [4.69, 9.17) is 0 Å². The quantitative estimate of drug-likeness (QED) is 0.853. The first-order valence-corrected chi connectivity index (χ1v) is 10.0. The highest BCUT2D eigenvalue weighted by Gasteiger charge is 2.47. The van der Waals surface area contributed by atoms with Gasteiger partial charge in [0.15, 0.2) is 0 Å². The van der Waals surface area contributed by atoms with Crippen LogP contribution in [0.15, 0.2) is 36.5 Å². The van der Waals surface area contributed by atoms with Crippen molar-refractivity contribution in [2.45, 2.75) is 45.1 Å². The van der Waals surface area contributed by atoms with Gasteiger partial charge in [-0.25, -0.2) is 0 Å². The van der Waals surface area contributed by atoms with Gasteiger partial charge < -0.3 is 15.1 Å². The van der Waals surface area contributed by atoms with Gasteiger partial charge in [0.2, 0.25) is 0 Å². The minimum atomic E-state index is -0.541. The maximum Gasteiger partial charge on any atom is 0.133 e. The first kappa shape index (κ1) is 18.5. The van der Waals surface area contributed by atoms with Crippen molar-refractivity contribution in [3.63, 3.8) is 0 Å². The number of nitrogens with zero attached hydrogens (tertiary/aromatic N) is 2. The average Bonchev–Trinajstić information content (AvgIpc) is 3.07. The number of aromatic nitrogens is 1. The van der Waals surface area contributed by atoms with Gasteiger partial charge in [0.05, 0.1) is 11.8 Å². The van der Waals surface area contributed by atoms with E-state index in [0.717, 1.165) is 51.0 Å². The number of hydrogen-bond acceptors (Lipinski definition) is 4. The van der Waals surface area contributed by atoms with Crippen LogP contribution in [0.2, 0.25) is 0 Å². The van der Waals surface area contributed by atoms with Crippen LogP contribution in [0.5, 0.6) is 5.75 Å². The third-order valence-electron chi connectivity index (χ3n) is 6.24. The standard InChI is InChI=1S/C23H30N2O2/c1-16-7-17(2)9-18(8-16)10-23(27)11-19-14-25(15-20(19)12-23)6-5-21-3-4-22(26)13-24-21/h3-4,7-9,13,19-20,26-27H,5-6,10-12,14-15H2,1-2H3. The van der Waals surface area contributed by atoms with Crippen LogP contribution >= 0.6 is 0 Å². The number of benzene rings is 1. The molecule has 2 N–H and O–H groups in total. The van der Waals surface area contributed by atoms with Gasteiger partial charge >= 0.3 is 0 Å². The third-order valence-corrected chi connectivity index (χ3v) is 6.24. The number of likely N-dealkylation sites (tertiary alicyclic amines) is 1. The van der Waals surface area contributed by atoms with Crippen LogP contribution in [0.4, 0.5) is 0 Å². The minimum Gasteiger partial charge on any atom is -0.506 e. The highest BCUT2D eigenvalue weighted by molar-refractivity contribution is 5.30. The molecule has 0 radical (unpaired) electrons. The Morgan fingerprint density at radius 1 is 1.07 bits per heavy atom. The molecule has 0 amide bonds. The van der Waals surface area contributed by atoms with Crippen LogP contribution in [0.3, 0.4) is 0 Å². The highest BCUT2D eigenvalue weighted by atomic mass is 16.3. The van der Waals surface area contributed by atoms with Crippen molar-refractivity contribution < 1.29 is 10.2 Å². The summed E-state index contributed by atoms with van der Waals surface area (Å²) < 4.78 is 0. The van der Waals surface area contributed by atoms with Gasteiger partial charge in [0, 0.05) is 38.2 Å². The molecule has 4 rings (SSSR count). The molecule has 1 aliphatic carbocycles. The smallest absolute Gasteiger partial charge is 0.133 e. The summed E-state index contributed by atoms with van der Waals surface area (Å²) in [4.78, 5) is 6.79. The average molecular weight is 367 g/mol. The van der Waals surface area contributed by atoms with Crippen LogP contribution in [0.1, 0.15) is 35.2 Å². The van der Waals surface area contributed by atoms with Crippen molar-refractivity contribution in [1.29, 1.82) is 0 Å². The summed E-state index contributed by atoms with van der Waals surface area (Å²) in [5.41, 5.74) is 4.31. The zero-order chi connectivity index (χ0) is 19.0. The highest BCUT2D eigenvalue weighted by Crippen LogP contribution is 2.45. The molecule has 2 atom stereocenters. The molecule has 1 aromatic carbocycles. The molecule has 2 unspecified atom stereocenters. The predicted molar refractivity (Wildman–Crippen MR) is 107 cm³/mol. The van der Waals surface area contributed by atoms with Crippen molar-refractivity contribution in [2.75, 3.05) is 19.6 Å². The van der Waals surface area contributed by atoms with E-state index in [1.165, 1.54) is 22.9 Å². The summed E-state index contributed by atoms with van der Waals surface area (Å²) in [7, 11) is 0. The van der Waals surface area contributed by atoms with Gasteiger partial charge in [-0.15, -0.1) is 0 Å². The number of hydrogen-bond donors (Lipinski definition) is 2. The number of rotatable bonds is 5. The fraction of sp³-hybridized carbons (Fsp3) is 0.522. The molecule has 2 aliphatic rings. The monoisotopic (exact) mass is 366 g/mol. The lowest BCUT2D eigenvalue weighted by Crippen LogP contribution is -2.32. The Hall–Kier alpha value is -1.91. The molecule has 1 aliphatic heterocycles. The largest absolute Gasteiger partial charge is 0.506 e. The molecule has 1 saturated carbocycles. The van der Waals surface area contributed by atoms with Gasteiger partial charge in [-0.2, -0.15) is 0 Å². The lowest BCUT2D eigenvalue weighted by atomic mass is 9.90. The molecule has 0 spiro atoms. The number of aromatic hydroxyl groups is 1. The molecule has 1 aromatic heterocycles. The van der Waals surface area contributed by atoms with Crippen LogP contribution < -0.4 is 0 Å². The third kappa shape index (κ3) is 4.33. The van der Waals surface area contributed by atoms with Crippen molar-refractivity contribution in [2.24, 2.45) is 11.8 Å². The van der Waals surface area contributed by atoms with Crippen molar-refractivity contribution in [3.05, 3.63) is 58.9 Å². The minimum absolute atomic E-state index is 0.220. The second kappa shape index (κ2) is 7.25. The van der Waals surface area contributed by atoms with Gasteiger partial charge in [0.25, 0.3) is 0 Å². The van der Waals surface area contributed by atoms with E-state index in [2.05, 4.69) is 41.9 Å². The first-order valence-electron chi connectivity index (χ1n) is 10.0. The fourth-order valence-electron chi connectivity index (χ4n) is 5.27. The number of fused-ring (bicyclic) bond motifs is 1. The second-order valence-electron chi connectivity index (χ2n) is 8.84. The molecule has 27 heavy (non-hydrogen) atoms. The van der Waals surface area contributed by atoms with Gasteiger partial charge in [-0.05, 0) is 56.2 Å². The molecule has 1 saturated heterocycles. The lowest BCUT2D eigenvalue weighted by Gasteiger charge is -2.26. The van der Waals surface area contributed by atoms with E-state index in [-0.39, 0.29) is 5.75 Å². The molecule has 144 valence electrons. The van der Waals surface area contributed by atoms with E-state index >= 15 is 0 Å². The van der Waals surface area contributed by atoms with Crippen LogP contribution in [0.25, 0.3) is 0 Å². The van der Waals surface area contributed by atoms with Crippen molar-refractivity contribution >= 4 is 0 Å². The number of pyridine rings is 1. The van der Waals surface area contributed by atoms with E-state index < -0.39 is 5.60 Å². The fourth-order valence-corrected chi connectivity index (χ4v) is 5.27. The summed E-state index contributed by atoms with van der Waals surface area (Å²) in [6.07, 6.45) is 5.03. The van der Waals surface area contributed by atoms with E-state index in [9.17, 15) is 10.2 Å². The Bertz CT molecular complexity index is 768. The molecular weight excluding hydrogens is 336 g/mol. The van der Waals surface area contributed by atoms with Crippen LogP contribution in [0, 0.1) is 25.7 Å². The first-order chi connectivity index (χ1) is 12.9. The summed E-state index contributed by atoms with van der Waals surface area (Å²) in [6.45, 7) is 7.42. The molecule has 2 fully saturated rings. The molecule has 2 heterocycles. The Labute approximate surface area is 161 Å². The normalized spacial score (nSPS) is 27.8. The van der Waals surface area contributed by atoms with Gasteiger partial charge in [-0.3, -0.25) is 4.98 Å². The SMILES string of the molecule is Cc1cc(C)cc(CC2(O)CC3CN(CCc4ccc(O)cn4)CC3C2)c1. The summed E-state index contributed by atoms with van der Waals surface area (Å²) in [5, 5.41) is 20.5. The molecule has 4 nitrogen and oxygen atoms in total. The second-order valence-corrected chi connectivity index (χ2v) is 8.84. The van der Waals surface area contributed by atoms with Crippen LogP contribution in [-0.4, -0.2) is 45.3 Å². The molecule has 4 heteroatoms. The Balaban J connectivity index is 1.31. The molecular formula is C23H30N2O2. The lowest BCUT2D eigenvalue weighted by molar-refractivity contribution is 0.0355.